The molecule has 0 atom stereocenters. The summed E-state index contributed by atoms with van der Waals surface area (Å²) in [5.74, 6) is -1.98. The maximum Gasteiger partial charge on any atom is 0.335 e. The summed E-state index contributed by atoms with van der Waals surface area (Å²) >= 11 is 0. The summed E-state index contributed by atoms with van der Waals surface area (Å²) in [7, 11) is 0. The number of hydrogen-bond acceptors (Lipinski definition) is 4. The number of aromatic carboxylic acids is 1. The van der Waals surface area contributed by atoms with Crippen LogP contribution in [0.2, 0.25) is 0 Å². The summed E-state index contributed by atoms with van der Waals surface area (Å²) in [6, 6.07) is 19.2. The standard InChI is InChI=1S/C28H30FN3O3/c1-28(2,3)20-5-4-6-21(17-20)30-26(33)24-12-11-23(18-25(24)29)32-15-13-31(14-16-32)22-9-7-19(8-10-22)27(34)35/h4-12,17-18H,13-16H2,1-3H3,(H,30,33)(H,34,35). The van der Waals surface area contributed by atoms with E-state index in [1.807, 2.05) is 30.3 Å². The lowest BCUT2D eigenvalue weighted by Crippen LogP contribution is -2.46. The van der Waals surface area contributed by atoms with E-state index in [1.165, 1.54) is 12.1 Å². The van der Waals surface area contributed by atoms with Crippen LogP contribution in [0.4, 0.5) is 21.5 Å². The van der Waals surface area contributed by atoms with Crippen LogP contribution in [-0.4, -0.2) is 43.2 Å². The van der Waals surface area contributed by atoms with E-state index in [4.69, 9.17) is 5.11 Å². The molecule has 1 aliphatic rings. The molecule has 0 radical (unpaired) electrons. The molecular formula is C28H30FN3O3. The number of rotatable bonds is 5. The molecule has 0 aromatic heterocycles. The zero-order valence-electron chi connectivity index (χ0n) is 20.2. The molecule has 3 aromatic rings. The molecule has 35 heavy (non-hydrogen) atoms. The van der Waals surface area contributed by atoms with E-state index in [9.17, 15) is 14.0 Å². The Labute approximate surface area is 205 Å². The first-order valence-electron chi connectivity index (χ1n) is 11.7. The van der Waals surface area contributed by atoms with Crippen molar-refractivity contribution in [2.45, 2.75) is 26.2 Å². The number of carboxylic acids is 1. The number of carbonyl (C=O) groups is 2. The van der Waals surface area contributed by atoms with Crippen molar-refractivity contribution in [1.82, 2.24) is 0 Å². The number of anilines is 3. The molecule has 2 N–H and O–H groups in total. The average molecular weight is 476 g/mol. The molecular weight excluding hydrogens is 445 g/mol. The zero-order chi connectivity index (χ0) is 25.2. The highest BCUT2D eigenvalue weighted by atomic mass is 19.1. The van der Waals surface area contributed by atoms with E-state index in [1.54, 1.807) is 24.3 Å². The number of benzene rings is 3. The van der Waals surface area contributed by atoms with Crippen molar-refractivity contribution in [3.8, 4) is 0 Å². The molecule has 0 aliphatic carbocycles. The summed E-state index contributed by atoms with van der Waals surface area (Å²) in [4.78, 5) is 28.0. The van der Waals surface area contributed by atoms with Gasteiger partial charge in [0.1, 0.15) is 5.82 Å². The summed E-state index contributed by atoms with van der Waals surface area (Å²) in [5, 5.41) is 11.9. The van der Waals surface area contributed by atoms with Crippen LogP contribution in [0.25, 0.3) is 0 Å². The second kappa shape index (κ2) is 9.78. The molecule has 182 valence electrons. The highest BCUT2D eigenvalue weighted by Gasteiger charge is 2.21. The van der Waals surface area contributed by atoms with Gasteiger partial charge in [-0.05, 0) is 65.6 Å². The lowest BCUT2D eigenvalue weighted by molar-refractivity contribution is 0.0696. The number of piperazine rings is 1. The quantitative estimate of drug-likeness (QED) is 0.517. The Hall–Kier alpha value is -3.87. The first kappa shape index (κ1) is 24.3. The molecule has 3 aromatic carbocycles. The lowest BCUT2D eigenvalue weighted by atomic mass is 9.87. The number of halogens is 1. The van der Waals surface area contributed by atoms with Crippen LogP contribution in [0.5, 0.6) is 0 Å². The van der Waals surface area contributed by atoms with E-state index >= 15 is 0 Å². The van der Waals surface area contributed by atoms with Gasteiger partial charge in [-0.1, -0.05) is 32.9 Å². The molecule has 0 spiro atoms. The van der Waals surface area contributed by atoms with Gasteiger partial charge in [0.25, 0.3) is 5.91 Å². The molecule has 1 heterocycles. The van der Waals surface area contributed by atoms with E-state index in [0.717, 1.165) is 30.0 Å². The van der Waals surface area contributed by atoms with Crippen molar-refractivity contribution < 1.29 is 19.1 Å². The fraction of sp³-hybridized carbons (Fsp3) is 0.286. The third-order valence-electron chi connectivity index (χ3n) is 6.31. The monoisotopic (exact) mass is 475 g/mol. The summed E-state index contributed by atoms with van der Waals surface area (Å²) in [6.07, 6.45) is 0. The molecule has 0 unspecified atom stereocenters. The van der Waals surface area contributed by atoms with Gasteiger partial charge >= 0.3 is 5.97 Å². The average Bonchev–Trinajstić information content (AvgIpc) is 2.83. The Morgan fingerprint density at radius 2 is 1.46 bits per heavy atom. The van der Waals surface area contributed by atoms with Gasteiger partial charge in [-0.15, -0.1) is 0 Å². The Morgan fingerprint density at radius 1 is 0.857 bits per heavy atom. The van der Waals surface area contributed by atoms with Crippen LogP contribution in [0.3, 0.4) is 0 Å². The third kappa shape index (κ3) is 5.62. The van der Waals surface area contributed by atoms with Gasteiger partial charge in [0.15, 0.2) is 0 Å². The van der Waals surface area contributed by atoms with Crippen LogP contribution in [0, 0.1) is 5.82 Å². The third-order valence-corrected chi connectivity index (χ3v) is 6.31. The molecule has 7 heteroatoms. The first-order valence-corrected chi connectivity index (χ1v) is 11.7. The number of nitrogens with zero attached hydrogens (tertiary/aromatic N) is 2. The number of amides is 1. The lowest BCUT2D eigenvalue weighted by Gasteiger charge is -2.37. The molecule has 0 bridgehead atoms. The van der Waals surface area contributed by atoms with Gasteiger partial charge in [0.05, 0.1) is 11.1 Å². The summed E-state index contributed by atoms with van der Waals surface area (Å²) < 4.78 is 14.9. The molecule has 1 saturated heterocycles. The van der Waals surface area contributed by atoms with E-state index in [-0.39, 0.29) is 16.5 Å². The Kier molecular flexibility index (Phi) is 6.78. The topological polar surface area (TPSA) is 72.9 Å². The predicted octanol–water partition coefficient (Wildman–Crippen LogP) is 5.40. The number of hydrogen-bond donors (Lipinski definition) is 2. The van der Waals surface area contributed by atoms with E-state index in [0.29, 0.717) is 18.8 Å². The van der Waals surface area contributed by atoms with Crippen molar-refractivity contribution in [1.29, 1.82) is 0 Å². The fourth-order valence-electron chi connectivity index (χ4n) is 4.18. The minimum Gasteiger partial charge on any atom is -0.478 e. The van der Waals surface area contributed by atoms with Crippen LogP contribution in [-0.2, 0) is 5.41 Å². The summed E-state index contributed by atoms with van der Waals surface area (Å²) in [5.41, 5.74) is 3.63. The van der Waals surface area contributed by atoms with Gasteiger partial charge in [-0.3, -0.25) is 4.79 Å². The van der Waals surface area contributed by atoms with E-state index in [2.05, 4.69) is 35.9 Å². The maximum absolute atomic E-state index is 14.9. The van der Waals surface area contributed by atoms with Crippen molar-refractivity contribution in [3.05, 3.63) is 89.2 Å². The van der Waals surface area contributed by atoms with Gasteiger partial charge in [0.2, 0.25) is 0 Å². The Bertz CT molecular complexity index is 1230. The molecule has 4 rings (SSSR count). The van der Waals surface area contributed by atoms with Gasteiger partial charge in [-0.25, -0.2) is 9.18 Å². The van der Waals surface area contributed by atoms with Gasteiger partial charge in [0, 0.05) is 43.2 Å². The molecule has 1 aliphatic heterocycles. The Balaban J connectivity index is 1.39. The van der Waals surface area contributed by atoms with Crippen LogP contribution in [0.15, 0.2) is 66.7 Å². The first-order chi connectivity index (χ1) is 16.6. The molecule has 6 nitrogen and oxygen atoms in total. The van der Waals surface area contributed by atoms with E-state index < -0.39 is 17.7 Å². The fourth-order valence-corrected chi connectivity index (χ4v) is 4.18. The minimum absolute atomic E-state index is 0.00654. The van der Waals surface area contributed by atoms with Crippen molar-refractivity contribution in [2.24, 2.45) is 0 Å². The number of carbonyl (C=O) groups excluding carboxylic acids is 1. The summed E-state index contributed by atoms with van der Waals surface area (Å²) in [6.45, 7) is 9.11. The smallest absolute Gasteiger partial charge is 0.335 e. The van der Waals surface area contributed by atoms with Crippen LogP contribution in [0.1, 0.15) is 47.1 Å². The van der Waals surface area contributed by atoms with Gasteiger partial charge < -0.3 is 20.2 Å². The second-order valence-electron chi connectivity index (χ2n) is 9.78. The SMILES string of the molecule is CC(C)(C)c1cccc(NC(=O)c2ccc(N3CCN(c4ccc(C(=O)O)cc4)CC3)cc2F)c1. The zero-order valence-corrected chi connectivity index (χ0v) is 20.2. The molecule has 1 amide bonds. The Morgan fingerprint density at radius 3 is 2.03 bits per heavy atom. The minimum atomic E-state index is -0.945. The van der Waals surface area contributed by atoms with Gasteiger partial charge in [-0.2, -0.15) is 0 Å². The number of nitrogens with one attached hydrogen (secondary N) is 1. The predicted molar refractivity (Wildman–Crippen MR) is 137 cm³/mol. The van der Waals surface area contributed by atoms with Crippen molar-refractivity contribution in [3.63, 3.8) is 0 Å². The van der Waals surface area contributed by atoms with Crippen LogP contribution >= 0.6 is 0 Å². The number of carboxylic acid groups (broad SMARTS) is 1. The normalized spacial score (nSPS) is 14.1. The van der Waals surface area contributed by atoms with Crippen molar-refractivity contribution in [2.75, 3.05) is 41.3 Å². The largest absolute Gasteiger partial charge is 0.478 e. The van der Waals surface area contributed by atoms with Crippen LogP contribution < -0.4 is 15.1 Å². The molecule has 1 fully saturated rings. The second-order valence-corrected chi connectivity index (χ2v) is 9.78. The maximum atomic E-state index is 14.9. The van der Waals surface area contributed by atoms with Crippen molar-refractivity contribution >= 4 is 28.9 Å². The highest BCUT2D eigenvalue weighted by Crippen LogP contribution is 2.26. The highest BCUT2D eigenvalue weighted by molar-refractivity contribution is 6.04. The molecule has 0 saturated carbocycles.